The molecule has 0 saturated carbocycles. The molecule has 0 aromatic carbocycles. The summed E-state index contributed by atoms with van der Waals surface area (Å²) in [7, 11) is 0. The Morgan fingerprint density at radius 2 is 0.340 bits per heavy atom. The first-order valence-electron chi connectivity index (χ1n) is 22.7. The third-order valence-corrected chi connectivity index (χ3v) is 12.5. The van der Waals surface area contributed by atoms with Crippen molar-refractivity contribution < 1.29 is 262 Å². The first kappa shape index (κ1) is 93.0. The fourth-order valence-corrected chi connectivity index (χ4v) is 6.70. The first-order chi connectivity index (χ1) is 41.3. The van der Waals surface area contributed by atoms with Gasteiger partial charge in [-0.25, -0.2) is 8.78 Å². The van der Waals surface area contributed by atoms with Gasteiger partial charge in [0.2, 0.25) is 0 Å². The van der Waals surface area contributed by atoms with Gasteiger partial charge in [-0.15, -0.1) is 0 Å². The molecule has 0 aliphatic heterocycles. The maximum atomic E-state index is 14.4. The van der Waals surface area contributed by atoms with Crippen LogP contribution in [0, 0.1) is 0 Å². The molecule has 584 valence electrons. The number of rotatable bonds is 34. The quantitative estimate of drug-likeness (QED) is 0.0629. The molecule has 0 aromatic rings. The first-order valence-corrected chi connectivity index (χ1v) is 22.7. The van der Waals surface area contributed by atoms with Crippen LogP contribution < -0.4 is 0 Å². The van der Waals surface area contributed by atoms with E-state index in [4.69, 9.17) is 0 Å². The number of hydrogen-bond donors (Lipinski definition) is 2. The highest BCUT2D eigenvalue weighted by Crippen LogP contribution is 2.72. The van der Waals surface area contributed by atoms with Crippen molar-refractivity contribution in [2.24, 2.45) is 0 Å². The molecule has 0 aliphatic carbocycles. The van der Waals surface area contributed by atoms with Crippen LogP contribution in [0.2, 0.25) is 0 Å². The van der Waals surface area contributed by atoms with Crippen LogP contribution in [0.25, 0.3) is 0 Å². The molecule has 5 nitrogen and oxygen atoms in total. The third-order valence-electron chi connectivity index (χ3n) is 12.5. The lowest BCUT2D eigenvalue weighted by Crippen LogP contribution is -2.79. The van der Waals surface area contributed by atoms with E-state index in [-0.39, 0.29) is 0 Å². The molecule has 59 heteroatoms. The highest BCUT2D eigenvalue weighted by molar-refractivity contribution is 5.24. The van der Waals surface area contributed by atoms with E-state index in [1.165, 1.54) is 0 Å². The predicted octanol–water partition coefficient (Wildman–Crippen LogP) is 17.7. The Hall–Kier alpha value is -3.98. The molecule has 0 fully saturated rings. The number of ether oxygens (including phenoxy) is 3. The van der Waals surface area contributed by atoms with Crippen LogP contribution in [-0.2, 0) is 14.2 Å². The van der Waals surface area contributed by atoms with Gasteiger partial charge in [0.1, 0.15) is 0 Å². The summed E-state index contributed by atoms with van der Waals surface area (Å²) in [5.41, 5.74) is -18.9. The molecule has 0 amide bonds. The molecular weight excluding hydrogens is 1560 g/mol. The molecular formula is C38H24F54O5. The van der Waals surface area contributed by atoms with E-state index in [9.17, 15) is 247 Å². The zero-order valence-electron chi connectivity index (χ0n) is 44.1. The maximum Gasteiger partial charge on any atom is 0.438 e. The fourth-order valence-electron chi connectivity index (χ4n) is 6.70. The zero-order chi connectivity index (χ0) is 79.7. The minimum Gasteiger partial charge on any atom is -0.390 e. The lowest BCUT2D eigenvalue weighted by Gasteiger charge is -2.46. The second-order valence-corrected chi connectivity index (χ2v) is 19.6. The smallest absolute Gasteiger partial charge is 0.390 e. The Bertz CT molecular complexity index is 2440. The van der Waals surface area contributed by atoms with Crippen molar-refractivity contribution >= 4 is 0 Å². The van der Waals surface area contributed by atoms with Crippen molar-refractivity contribution in [2.75, 3.05) is 26.4 Å². The van der Waals surface area contributed by atoms with Crippen molar-refractivity contribution in [2.45, 2.75) is 206 Å². The van der Waals surface area contributed by atoms with Crippen LogP contribution in [-0.4, -0.2) is 216 Å². The average Bonchev–Trinajstić information content (AvgIpc) is 0.685. The summed E-state index contributed by atoms with van der Waals surface area (Å²) in [6, 6.07) is 0. The van der Waals surface area contributed by atoms with Gasteiger partial charge in [0.15, 0.2) is 0 Å². The van der Waals surface area contributed by atoms with Crippen molar-refractivity contribution in [3.05, 3.63) is 0 Å². The standard InChI is InChI=1S/C38H24F54O5/c1-9(96-7-11(93)3-13(39,40)17(45,46)21(53,54)25(61,62)29(69,70)33(77,78)31(73,74)27(65,66)23(57,58)19(49,50)15(43,35(81,82)83)36(84,85)86)5-95-6-10(2)97-8-12(94)4-14(41,42)18(47,48)22(55,56)26(63,64)30(71,72)34(79,80)32(75,76)28(67,68)24(59,60)20(51,52)16(44,37(87,88)89)38(90,91)92/h9-12,93-94H,3-8H2,1-2H3. The van der Waals surface area contributed by atoms with E-state index in [1.807, 2.05) is 0 Å². The summed E-state index contributed by atoms with van der Waals surface area (Å²) < 4.78 is 758. The van der Waals surface area contributed by atoms with Crippen LogP contribution in [0.3, 0.4) is 0 Å². The van der Waals surface area contributed by atoms with Gasteiger partial charge in [-0.3, -0.25) is 0 Å². The molecule has 0 aromatic heterocycles. The molecule has 4 unspecified atom stereocenters. The van der Waals surface area contributed by atoms with Crippen LogP contribution in [0.5, 0.6) is 0 Å². The second-order valence-electron chi connectivity index (χ2n) is 19.6. The van der Waals surface area contributed by atoms with Gasteiger partial charge in [0.25, 0.3) is 0 Å². The van der Waals surface area contributed by atoms with Crippen LogP contribution >= 0.6 is 0 Å². The molecule has 0 rings (SSSR count). The summed E-state index contributed by atoms with van der Waals surface area (Å²) in [6.07, 6.45) is -55.0. The highest BCUT2D eigenvalue weighted by Gasteiger charge is 3.04. The summed E-state index contributed by atoms with van der Waals surface area (Å²) in [6.45, 7) is -6.43. The molecule has 0 aliphatic rings. The average molecular weight is 1590 g/mol. The Morgan fingerprint density at radius 3 is 0.485 bits per heavy atom. The van der Waals surface area contributed by atoms with Crippen molar-refractivity contribution in [3.8, 4) is 0 Å². The summed E-state index contributed by atoms with van der Waals surface area (Å²) >= 11 is 0. The fraction of sp³-hybridized carbons (Fsp3) is 1.00. The number of aliphatic hydroxyl groups is 2. The minimum atomic E-state index is -10.1. The molecule has 0 spiro atoms. The Balaban J connectivity index is 6.44. The highest BCUT2D eigenvalue weighted by atomic mass is 19.5. The van der Waals surface area contributed by atoms with E-state index in [0.29, 0.717) is 13.8 Å². The van der Waals surface area contributed by atoms with Crippen molar-refractivity contribution in [1.82, 2.24) is 0 Å². The maximum absolute atomic E-state index is 14.4. The van der Waals surface area contributed by atoms with Gasteiger partial charge in [0, 0.05) is 12.8 Å². The lowest BCUT2D eigenvalue weighted by molar-refractivity contribution is -0.487. The largest absolute Gasteiger partial charge is 0.438 e. The minimum absolute atomic E-state index is 0.432. The van der Waals surface area contributed by atoms with Gasteiger partial charge < -0.3 is 24.4 Å². The van der Waals surface area contributed by atoms with Gasteiger partial charge in [-0.2, -0.15) is 228 Å². The Labute approximate surface area is 494 Å². The van der Waals surface area contributed by atoms with Crippen molar-refractivity contribution in [3.63, 3.8) is 0 Å². The summed E-state index contributed by atoms with van der Waals surface area (Å²) in [4.78, 5) is 0. The molecule has 0 heterocycles. The van der Waals surface area contributed by atoms with Gasteiger partial charge in [-0.05, 0) is 13.8 Å². The van der Waals surface area contributed by atoms with Crippen molar-refractivity contribution in [1.29, 1.82) is 0 Å². The number of aliphatic hydroxyl groups excluding tert-OH is 2. The Kier molecular flexibility index (Phi) is 24.4. The lowest BCUT2D eigenvalue weighted by atomic mass is 9.81. The predicted molar refractivity (Wildman–Crippen MR) is 194 cm³/mol. The van der Waals surface area contributed by atoms with Crippen LogP contribution in [0.15, 0.2) is 0 Å². The monoisotopic (exact) mass is 1590 g/mol. The third kappa shape index (κ3) is 13.2. The molecule has 0 saturated heterocycles. The number of halogens is 54. The second kappa shape index (κ2) is 25.5. The van der Waals surface area contributed by atoms with Gasteiger partial charge >= 0.3 is 154 Å². The van der Waals surface area contributed by atoms with E-state index in [1.54, 1.807) is 0 Å². The van der Waals surface area contributed by atoms with E-state index in [2.05, 4.69) is 14.2 Å². The van der Waals surface area contributed by atoms with E-state index < -0.39 is 218 Å². The molecule has 4 atom stereocenters. The molecule has 2 N–H and O–H groups in total. The SMILES string of the molecule is CC(COCC(C)OCC(O)CC(F)(F)C(F)(F)C(F)(F)C(F)(F)C(F)(F)C(F)(F)C(F)(F)C(F)(F)C(F)(F)C(F)(F)C(F)(C(F)(F)F)C(F)(F)F)OCC(O)CC(F)(F)C(F)(F)C(F)(F)C(F)(F)C(F)(F)C(F)(F)C(F)(F)C(F)(F)C(F)(F)C(F)(F)C(F)(C(F)(F)F)C(F)(F)F. The molecule has 0 bridgehead atoms. The molecule has 0 radical (unpaired) electrons. The zero-order valence-corrected chi connectivity index (χ0v) is 44.1. The van der Waals surface area contributed by atoms with Crippen LogP contribution in [0.1, 0.15) is 26.7 Å². The van der Waals surface area contributed by atoms with E-state index >= 15 is 0 Å². The number of hydrogen-bond acceptors (Lipinski definition) is 5. The summed E-state index contributed by atoms with van der Waals surface area (Å²) in [5.74, 6) is -191. The van der Waals surface area contributed by atoms with Gasteiger partial charge in [0.05, 0.1) is 50.8 Å². The normalized spacial score (nSPS) is 18.0. The van der Waals surface area contributed by atoms with Gasteiger partial charge in [-0.1, -0.05) is 0 Å². The van der Waals surface area contributed by atoms with Crippen LogP contribution in [0.4, 0.5) is 237 Å². The molecule has 97 heavy (non-hydrogen) atoms. The Morgan fingerprint density at radius 1 is 0.206 bits per heavy atom. The number of alkyl halides is 54. The topological polar surface area (TPSA) is 68.2 Å². The van der Waals surface area contributed by atoms with E-state index in [0.717, 1.165) is 0 Å². The summed E-state index contributed by atoms with van der Waals surface area (Å²) in [5, 5.41) is 19.0.